The van der Waals surface area contributed by atoms with E-state index in [0.29, 0.717) is 38.2 Å². The van der Waals surface area contributed by atoms with Crippen molar-refractivity contribution in [3.63, 3.8) is 0 Å². The fourth-order valence-electron chi connectivity index (χ4n) is 4.53. The average Bonchev–Trinajstić information content (AvgIpc) is 3.25. The number of ether oxygens (including phenoxy) is 1. The number of nitrogens with zero attached hydrogens (tertiary/aromatic N) is 3. The Bertz CT molecular complexity index is 983. The molecule has 4 N–H and O–H groups in total. The lowest BCUT2D eigenvalue weighted by Crippen LogP contribution is -2.37. The van der Waals surface area contributed by atoms with Crippen molar-refractivity contribution in [1.29, 1.82) is 0 Å². The van der Waals surface area contributed by atoms with Crippen LogP contribution in [-0.2, 0) is 17.8 Å². The van der Waals surface area contributed by atoms with Gasteiger partial charge in [-0.1, -0.05) is 24.8 Å². The molecule has 2 atom stereocenters. The summed E-state index contributed by atoms with van der Waals surface area (Å²) in [7, 11) is 0. The van der Waals surface area contributed by atoms with Crippen molar-refractivity contribution >= 4 is 17.6 Å². The first-order valence-corrected chi connectivity index (χ1v) is 10.3. The van der Waals surface area contributed by atoms with E-state index in [1.165, 1.54) is 6.08 Å². The highest BCUT2D eigenvalue weighted by Crippen LogP contribution is 2.35. The van der Waals surface area contributed by atoms with Gasteiger partial charge >= 0.3 is 0 Å². The van der Waals surface area contributed by atoms with Gasteiger partial charge in [0.2, 0.25) is 5.91 Å². The van der Waals surface area contributed by atoms with Crippen molar-refractivity contribution in [2.45, 2.75) is 44.2 Å². The van der Waals surface area contributed by atoms with E-state index in [1.54, 1.807) is 9.58 Å². The van der Waals surface area contributed by atoms with E-state index in [-0.39, 0.29) is 29.2 Å². The molecule has 8 nitrogen and oxygen atoms in total. The smallest absolute Gasteiger partial charge is 0.254 e. The third kappa shape index (κ3) is 3.65. The summed E-state index contributed by atoms with van der Waals surface area (Å²) in [6.45, 7) is 5.21. The molecular weight excluding hydrogens is 382 g/mol. The molecule has 2 aliphatic heterocycles. The maximum atomic E-state index is 12.3. The maximum Gasteiger partial charge on any atom is 0.254 e. The van der Waals surface area contributed by atoms with Gasteiger partial charge in [0.15, 0.2) is 0 Å². The number of nitrogen functional groups attached to an aromatic ring is 1. The van der Waals surface area contributed by atoms with Crippen molar-refractivity contribution < 1.29 is 14.3 Å². The molecule has 0 bridgehead atoms. The van der Waals surface area contributed by atoms with E-state index in [0.717, 1.165) is 24.2 Å². The minimum absolute atomic E-state index is 0.0332. The van der Waals surface area contributed by atoms with Gasteiger partial charge in [-0.05, 0) is 43.4 Å². The number of carbonyl (C=O) groups excluding carboxylic acids is 2. The lowest BCUT2D eigenvalue weighted by molar-refractivity contribution is -0.127. The molecule has 8 heteroatoms. The van der Waals surface area contributed by atoms with Gasteiger partial charge in [0.25, 0.3) is 5.91 Å². The van der Waals surface area contributed by atoms with Crippen LogP contribution in [0.2, 0.25) is 0 Å². The zero-order chi connectivity index (χ0) is 21.3. The van der Waals surface area contributed by atoms with Crippen molar-refractivity contribution in [3.8, 4) is 5.75 Å². The van der Waals surface area contributed by atoms with Crippen molar-refractivity contribution in [1.82, 2.24) is 14.7 Å². The monoisotopic (exact) mass is 409 g/mol. The second kappa shape index (κ2) is 8.22. The van der Waals surface area contributed by atoms with Gasteiger partial charge in [0.1, 0.15) is 17.1 Å². The Kier molecular flexibility index (Phi) is 5.48. The maximum absolute atomic E-state index is 12.3. The molecule has 1 saturated heterocycles. The first-order chi connectivity index (χ1) is 14.5. The highest BCUT2D eigenvalue weighted by molar-refractivity contribution is 5.98. The van der Waals surface area contributed by atoms with Crippen LogP contribution in [0.3, 0.4) is 0 Å². The third-order valence-corrected chi connectivity index (χ3v) is 6.03. The number of benzene rings is 1. The summed E-state index contributed by atoms with van der Waals surface area (Å²) in [5.74, 6) is 0.398. The van der Waals surface area contributed by atoms with Crippen LogP contribution >= 0.6 is 0 Å². The molecule has 2 amide bonds. The second-order valence-electron chi connectivity index (χ2n) is 7.87. The number of hydrogen-bond acceptors (Lipinski definition) is 5. The van der Waals surface area contributed by atoms with Gasteiger partial charge in [-0.2, -0.15) is 5.10 Å². The molecule has 2 aliphatic rings. The van der Waals surface area contributed by atoms with E-state index in [9.17, 15) is 9.59 Å². The van der Waals surface area contributed by atoms with E-state index < -0.39 is 5.91 Å². The van der Waals surface area contributed by atoms with Gasteiger partial charge in [-0.25, -0.2) is 4.68 Å². The Morgan fingerprint density at radius 1 is 1.30 bits per heavy atom. The quantitative estimate of drug-likeness (QED) is 0.731. The predicted molar refractivity (Wildman–Crippen MR) is 113 cm³/mol. The molecule has 3 heterocycles. The minimum atomic E-state index is -0.586. The predicted octanol–water partition coefficient (Wildman–Crippen LogP) is 1.85. The molecule has 0 aliphatic carbocycles. The highest BCUT2D eigenvalue weighted by Gasteiger charge is 2.32. The van der Waals surface area contributed by atoms with E-state index in [4.69, 9.17) is 21.3 Å². The van der Waals surface area contributed by atoms with Crippen molar-refractivity contribution in [3.05, 3.63) is 53.7 Å². The topological polar surface area (TPSA) is 116 Å². The molecule has 1 aromatic heterocycles. The molecule has 2 aromatic rings. The van der Waals surface area contributed by atoms with Crippen LogP contribution in [0.5, 0.6) is 5.75 Å². The Balaban J connectivity index is 1.65. The molecule has 0 spiro atoms. The van der Waals surface area contributed by atoms with Crippen LogP contribution in [0.4, 0.5) is 5.82 Å². The number of carbonyl (C=O) groups is 2. The largest absolute Gasteiger partial charge is 0.493 e. The molecule has 158 valence electrons. The van der Waals surface area contributed by atoms with Gasteiger partial charge < -0.3 is 21.1 Å². The van der Waals surface area contributed by atoms with Crippen LogP contribution in [0.1, 0.15) is 46.8 Å². The Hall–Kier alpha value is -3.29. The van der Waals surface area contributed by atoms with Crippen LogP contribution in [-0.4, -0.2) is 45.7 Å². The number of hydrogen-bond donors (Lipinski definition) is 2. The molecular formula is C22H27N5O3. The zero-order valence-corrected chi connectivity index (χ0v) is 16.9. The summed E-state index contributed by atoms with van der Waals surface area (Å²) >= 11 is 0. The Morgan fingerprint density at radius 2 is 2.10 bits per heavy atom. The zero-order valence-electron chi connectivity index (χ0n) is 16.9. The van der Waals surface area contributed by atoms with Gasteiger partial charge in [-0.3, -0.25) is 9.59 Å². The first-order valence-electron chi connectivity index (χ1n) is 10.3. The summed E-state index contributed by atoms with van der Waals surface area (Å²) < 4.78 is 7.49. The highest BCUT2D eigenvalue weighted by atomic mass is 16.5. The lowest BCUT2D eigenvalue weighted by Gasteiger charge is -2.23. The van der Waals surface area contributed by atoms with Crippen LogP contribution in [0.25, 0.3) is 0 Å². The van der Waals surface area contributed by atoms with Crippen molar-refractivity contribution in [2.24, 2.45) is 5.73 Å². The summed E-state index contributed by atoms with van der Waals surface area (Å²) in [6, 6.07) is 7.85. The summed E-state index contributed by atoms with van der Waals surface area (Å²) in [5.41, 5.74) is 14.0. The fourth-order valence-corrected chi connectivity index (χ4v) is 4.53. The number of para-hydroxylation sites is 1. The fraction of sp³-hybridized carbons (Fsp3) is 0.409. The average molecular weight is 409 g/mol. The third-order valence-electron chi connectivity index (χ3n) is 6.03. The number of fused-ring (bicyclic) bond motifs is 1. The van der Waals surface area contributed by atoms with Gasteiger partial charge in [0, 0.05) is 12.5 Å². The minimum Gasteiger partial charge on any atom is -0.493 e. The first kappa shape index (κ1) is 20.0. The normalized spacial score (nSPS) is 20.9. The van der Waals surface area contributed by atoms with Crippen LogP contribution < -0.4 is 16.2 Å². The van der Waals surface area contributed by atoms with E-state index in [2.05, 4.69) is 6.58 Å². The van der Waals surface area contributed by atoms with E-state index >= 15 is 0 Å². The lowest BCUT2D eigenvalue weighted by atomic mass is 9.91. The summed E-state index contributed by atoms with van der Waals surface area (Å²) in [6.07, 6.45) is 4.49. The molecule has 0 saturated carbocycles. The number of primary amides is 1. The number of rotatable bonds is 5. The molecule has 1 fully saturated rings. The van der Waals surface area contributed by atoms with Crippen molar-refractivity contribution in [2.75, 3.05) is 18.9 Å². The summed E-state index contributed by atoms with van der Waals surface area (Å²) in [4.78, 5) is 26.2. The van der Waals surface area contributed by atoms with E-state index in [1.807, 2.05) is 24.3 Å². The molecule has 30 heavy (non-hydrogen) atoms. The molecule has 0 radical (unpaired) electrons. The number of anilines is 1. The molecule has 1 unspecified atom stereocenters. The number of likely N-dealkylation sites (tertiary alicyclic amines) is 1. The standard InChI is InChI=1S/C22H27N5O3/c1-2-18(28)26-10-5-7-16(26)13-27-21(23)19(22(24)29)20(25-27)15-9-11-30-17-8-4-3-6-14(17)12-15/h2-4,6,8,15-16H,1,5,7,9-13,23H2,(H2,24,29)/t15?,16-/m1/s1. The Morgan fingerprint density at radius 3 is 2.87 bits per heavy atom. The van der Waals surface area contributed by atoms with Crippen LogP contribution in [0, 0.1) is 0 Å². The van der Waals surface area contributed by atoms with Crippen LogP contribution in [0.15, 0.2) is 36.9 Å². The SMILES string of the molecule is C=CC(=O)N1CCC[C@@H]1Cn1nc(C2CCOc3ccccc3C2)c(C(N)=O)c1N. The summed E-state index contributed by atoms with van der Waals surface area (Å²) in [5, 5.41) is 4.72. The number of nitrogens with two attached hydrogens (primary N) is 2. The molecule has 4 rings (SSSR count). The molecule has 1 aromatic carbocycles. The van der Waals surface area contributed by atoms with Gasteiger partial charge in [0.05, 0.1) is 24.9 Å². The van der Waals surface area contributed by atoms with Gasteiger partial charge in [-0.15, -0.1) is 0 Å². The second-order valence-corrected chi connectivity index (χ2v) is 7.87. The number of amides is 2. The Labute approximate surface area is 175 Å². The number of aromatic nitrogens is 2.